The fourth-order valence-electron chi connectivity index (χ4n) is 5.48. The second-order valence-corrected chi connectivity index (χ2v) is 9.82. The fourth-order valence-corrected chi connectivity index (χ4v) is 5.64. The van der Waals surface area contributed by atoms with Gasteiger partial charge in [0.25, 0.3) is 0 Å². The number of nitrogens with zero attached hydrogens (tertiary/aromatic N) is 3. The predicted octanol–water partition coefficient (Wildman–Crippen LogP) is 3.22. The van der Waals surface area contributed by atoms with E-state index in [0.29, 0.717) is 37.7 Å². The van der Waals surface area contributed by atoms with E-state index in [9.17, 15) is 14.0 Å². The Morgan fingerprint density at radius 3 is 2.44 bits per heavy atom. The lowest BCUT2D eigenvalue weighted by molar-refractivity contribution is -0.134. The molecule has 2 saturated heterocycles. The highest BCUT2D eigenvalue weighted by atomic mass is 35.5. The molecule has 2 amide bonds. The summed E-state index contributed by atoms with van der Waals surface area (Å²) in [6.07, 6.45) is 1.50. The summed E-state index contributed by atoms with van der Waals surface area (Å²) in [4.78, 5) is 32.3. The minimum absolute atomic E-state index is 0.0752. The summed E-state index contributed by atoms with van der Waals surface area (Å²) in [7, 11) is 0. The van der Waals surface area contributed by atoms with Gasteiger partial charge in [-0.3, -0.25) is 9.59 Å². The first kappa shape index (κ1) is 23.1. The third-order valence-electron chi connectivity index (χ3n) is 7.36. The maximum atomic E-state index is 14.2. The molecule has 0 aliphatic carbocycles. The van der Waals surface area contributed by atoms with E-state index in [1.165, 1.54) is 6.07 Å². The van der Waals surface area contributed by atoms with Crippen molar-refractivity contribution in [1.82, 2.24) is 15.1 Å². The zero-order chi connectivity index (χ0) is 23.7. The van der Waals surface area contributed by atoms with Crippen LogP contribution in [-0.4, -0.2) is 74.0 Å². The first-order valence-corrected chi connectivity index (χ1v) is 12.4. The van der Waals surface area contributed by atoms with Gasteiger partial charge in [-0.05, 0) is 48.1 Å². The molecule has 6 nitrogen and oxygen atoms in total. The molecule has 1 N–H and O–H groups in total. The van der Waals surface area contributed by atoms with Gasteiger partial charge >= 0.3 is 0 Å². The molecule has 8 heteroatoms. The summed E-state index contributed by atoms with van der Waals surface area (Å²) in [6, 6.07) is 12.5. The van der Waals surface area contributed by atoms with Crippen LogP contribution in [0.1, 0.15) is 35.8 Å². The Balaban J connectivity index is 1.28. The third kappa shape index (κ3) is 4.64. The van der Waals surface area contributed by atoms with Gasteiger partial charge in [0.2, 0.25) is 11.8 Å². The molecule has 2 aromatic rings. The maximum Gasteiger partial charge on any atom is 0.242 e. The average molecular weight is 485 g/mol. The molecule has 2 fully saturated rings. The van der Waals surface area contributed by atoms with Crippen LogP contribution in [0.3, 0.4) is 0 Å². The number of nitrogens with one attached hydrogen (secondary N) is 1. The quantitative estimate of drug-likeness (QED) is 0.724. The van der Waals surface area contributed by atoms with E-state index in [4.69, 9.17) is 11.6 Å². The SMILES string of the molecule is O=C(CN1CC(C(=O)N2CCC(c3ccccc3F)CC2)c2ccc(Cl)cc21)N1CCNCC1. The van der Waals surface area contributed by atoms with Crippen LogP contribution >= 0.6 is 11.6 Å². The second-order valence-electron chi connectivity index (χ2n) is 9.39. The number of benzene rings is 2. The number of likely N-dealkylation sites (tertiary alicyclic amines) is 1. The Labute approximate surface area is 204 Å². The number of carbonyl (C=O) groups excluding carboxylic acids is 2. The van der Waals surface area contributed by atoms with Crippen LogP contribution < -0.4 is 10.2 Å². The van der Waals surface area contributed by atoms with Crippen molar-refractivity contribution in [3.8, 4) is 0 Å². The topological polar surface area (TPSA) is 55.9 Å². The lowest BCUT2D eigenvalue weighted by Gasteiger charge is -2.34. The van der Waals surface area contributed by atoms with Gasteiger partial charge in [-0.1, -0.05) is 35.9 Å². The molecular formula is C26H30ClFN4O2. The van der Waals surface area contributed by atoms with Crippen molar-refractivity contribution in [2.24, 2.45) is 0 Å². The molecule has 0 saturated carbocycles. The zero-order valence-corrected chi connectivity index (χ0v) is 19.9. The van der Waals surface area contributed by atoms with Crippen LogP contribution in [0.25, 0.3) is 0 Å². The van der Waals surface area contributed by atoms with E-state index in [0.717, 1.165) is 42.7 Å². The van der Waals surface area contributed by atoms with Gasteiger partial charge in [0, 0.05) is 56.5 Å². The van der Waals surface area contributed by atoms with Crippen molar-refractivity contribution in [3.63, 3.8) is 0 Å². The van der Waals surface area contributed by atoms with E-state index in [2.05, 4.69) is 5.32 Å². The first-order valence-electron chi connectivity index (χ1n) is 12.1. The van der Waals surface area contributed by atoms with Crippen molar-refractivity contribution in [3.05, 3.63) is 64.4 Å². The number of fused-ring (bicyclic) bond motifs is 1. The molecule has 0 spiro atoms. The highest BCUT2D eigenvalue weighted by Gasteiger charge is 2.38. The molecule has 0 bridgehead atoms. The number of piperidine rings is 1. The Kier molecular flexibility index (Phi) is 6.75. The smallest absolute Gasteiger partial charge is 0.242 e. The first-order chi connectivity index (χ1) is 16.5. The van der Waals surface area contributed by atoms with Gasteiger partial charge in [0.15, 0.2) is 0 Å². The Morgan fingerprint density at radius 2 is 1.71 bits per heavy atom. The summed E-state index contributed by atoms with van der Waals surface area (Å²) in [5.41, 5.74) is 2.54. The molecule has 2 aromatic carbocycles. The monoisotopic (exact) mass is 484 g/mol. The highest BCUT2D eigenvalue weighted by Crippen LogP contribution is 2.40. The van der Waals surface area contributed by atoms with E-state index < -0.39 is 0 Å². The van der Waals surface area contributed by atoms with Gasteiger partial charge < -0.3 is 20.0 Å². The van der Waals surface area contributed by atoms with E-state index in [1.807, 2.05) is 45.0 Å². The summed E-state index contributed by atoms with van der Waals surface area (Å²) >= 11 is 6.28. The number of amides is 2. The van der Waals surface area contributed by atoms with Crippen LogP contribution in [0, 0.1) is 5.82 Å². The molecule has 0 radical (unpaired) electrons. The van der Waals surface area contributed by atoms with Crippen LogP contribution in [0.15, 0.2) is 42.5 Å². The fraction of sp³-hybridized carbons (Fsp3) is 0.462. The number of hydrogen-bond acceptors (Lipinski definition) is 4. The number of hydrogen-bond donors (Lipinski definition) is 1. The second kappa shape index (κ2) is 9.92. The Hall–Kier alpha value is -2.64. The summed E-state index contributed by atoms with van der Waals surface area (Å²) in [5, 5.41) is 3.86. The summed E-state index contributed by atoms with van der Waals surface area (Å²) < 4.78 is 14.2. The van der Waals surface area contributed by atoms with Crippen molar-refractivity contribution in [2.75, 3.05) is 57.3 Å². The van der Waals surface area contributed by atoms with E-state index >= 15 is 0 Å². The van der Waals surface area contributed by atoms with Crippen molar-refractivity contribution in [2.45, 2.75) is 24.7 Å². The minimum atomic E-state index is -0.326. The van der Waals surface area contributed by atoms with Gasteiger partial charge in [-0.15, -0.1) is 0 Å². The van der Waals surface area contributed by atoms with Crippen LogP contribution in [0.2, 0.25) is 5.02 Å². The molecule has 3 aliphatic rings. The normalized spacial score (nSPS) is 21.0. The van der Waals surface area contributed by atoms with Crippen LogP contribution in [0.4, 0.5) is 10.1 Å². The van der Waals surface area contributed by atoms with Crippen molar-refractivity contribution < 1.29 is 14.0 Å². The standard InChI is InChI=1S/C26H30ClFN4O2/c27-19-5-6-21-22(16-32(24(21)15-19)17-25(33)30-13-9-29-10-14-30)26(34)31-11-7-18(8-12-31)20-3-1-2-4-23(20)28/h1-6,15,18,22,29H,7-14,16-17H2. The minimum Gasteiger partial charge on any atom is -0.361 e. The van der Waals surface area contributed by atoms with Gasteiger partial charge in [-0.2, -0.15) is 0 Å². The summed E-state index contributed by atoms with van der Waals surface area (Å²) in [6.45, 7) is 4.94. The molecule has 0 aromatic heterocycles. The van der Waals surface area contributed by atoms with Crippen molar-refractivity contribution >= 4 is 29.1 Å². The zero-order valence-electron chi connectivity index (χ0n) is 19.2. The predicted molar refractivity (Wildman–Crippen MR) is 131 cm³/mol. The number of carbonyl (C=O) groups is 2. The van der Waals surface area contributed by atoms with Gasteiger partial charge in [-0.25, -0.2) is 4.39 Å². The molecular weight excluding hydrogens is 455 g/mol. The van der Waals surface area contributed by atoms with Crippen molar-refractivity contribution in [1.29, 1.82) is 0 Å². The molecule has 1 unspecified atom stereocenters. The highest BCUT2D eigenvalue weighted by molar-refractivity contribution is 6.31. The molecule has 3 heterocycles. The van der Waals surface area contributed by atoms with Crippen LogP contribution in [0.5, 0.6) is 0 Å². The van der Waals surface area contributed by atoms with E-state index in [-0.39, 0.29) is 36.0 Å². The summed E-state index contributed by atoms with van der Waals surface area (Å²) in [5.74, 6) is -0.209. The van der Waals surface area contributed by atoms with Crippen LogP contribution in [-0.2, 0) is 9.59 Å². The average Bonchev–Trinajstić information content (AvgIpc) is 3.21. The lowest BCUT2D eigenvalue weighted by atomic mass is 9.88. The number of anilines is 1. The third-order valence-corrected chi connectivity index (χ3v) is 7.59. The number of rotatable bonds is 4. The lowest BCUT2D eigenvalue weighted by Crippen LogP contribution is -2.49. The molecule has 3 aliphatic heterocycles. The molecule has 180 valence electrons. The molecule has 5 rings (SSSR count). The van der Waals surface area contributed by atoms with Gasteiger partial charge in [0.1, 0.15) is 5.82 Å². The Bertz CT molecular complexity index is 1070. The number of halogens is 2. The maximum absolute atomic E-state index is 14.2. The van der Waals surface area contributed by atoms with Gasteiger partial charge in [0.05, 0.1) is 12.5 Å². The molecule has 1 atom stereocenters. The Morgan fingerprint density at radius 1 is 0.971 bits per heavy atom. The largest absolute Gasteiger partial charge is 0.361 e. The number of piperazine rings is 1. The molecule has 34 heavy (non-hydrogen) atoms. The van der Waals surface area contributed by atoms with E-state index in [1.54, 1.807) is 6.07 Å².